The number of benzene rings is 2. The highest BCUT2D eigenvalue weighted by Crippen LogP contribution is 2.37. The third-order valence-electron chi connectivity index (χ3n) is 4.69. The van der Waals surface area contributed by atoms with Gasteiger partial charge in [0.25, 0.3) is 5.91 Å². The lowest BCUT2D eigenvalue weighted by Gasteiger charge is -2.29. The van der Waals surface area contributed by atoms with E-state index in [1.807, 2.05) is 54.3 Å². The van der Waals surface area contributed by atoms with Crippen LogP contribution in [0.4, 0.5) is 0 Å². The number of methoxy groups -OCH3 is 2. The zero-order chi connectivity index (χ0) is 18.5. The predicted molar refractivity (Wildman–Crippen MR) is 99.7 cm³/mol. The highest BCUT2D eigenvalue weighted by molar-refractivity contribution is 5.98. The zero-order valence-corrected chi connectivity index (χ0v) is 15.5. The number of fused-ring (bicyclic) bond motifs is 1. The fourth-order valence-corrected chi connectivity index (χ4v) is 3.43. The van der Waals surface area contributed by atoms with Crippen molar-refractivity contribution < 1.29 is 19.0 Å². The molecule has 0 bridgehead atoms. The van der Waals surface area contributed by atoms with E-state index in [9.17, 15) is 4.79 Å². The van der Waals surface area contributed by atoms with Crippen LogP contribution in [0, 0.1) is 0 Å². The largest absolute Gasteiger partial charge is 0.493 e. The highest BCUT2D eigenvalue weighted by Gasteiger charge is 2.33. The van der Waals surface area contributed by atoms with Crippen molar-refractivity contribution in [1.29, 1.82) is 0 Å². The molecule has 1 atom stereocenters. The molecule has 0 aromatic heterocycles. The van der Waals surface area contributed by atoms with Gasteiger partial charge in [0, 0.05) is 25.8 Å². The first kappa shape index (κ1) is 18.3. The lowest BCUT2D eigenvalue weighted by molar-refractivity contribution is 0.0652. The van der Waals surface area contributed by atoms with Crippen LogP contribution >= 0.6 is 0 Å². The zero-order valence-electron chi connectivity index (χ0n) is 15.5. The number of hydrogen-bond donors (Lipinski definition) is 0. The van der Waals surface area contributed by atoms with Crippen LogP contribution < -0.4 is 9.47 Å². The van der Waals surface area contributed by atoms with E-state index in [1.54, 1.807) is 14.2 Å². The van der Waals surface area contributed by atoms with Gasteiger partial charge >= 0.3 is 0 Å². The van der Waals surface area contributed by atoms with Crippen molar-refractivity contribution in [3.63, 3.8) is 0 Å². The molecule has 0 saturated heterocycles. The molecule has 0 aliphatic carbocycles. The average Bonchev–Trinajstić information content (AvgIpc) is 3.00. The van der Waals surface area contributed by atoms with Gasteiger partial charge < -0.3 is 19.1 Å². The number of carbonyl (C=O) groups is 1. The van der Waals surface area contributed by atoms with Crippen molar-refractivity contribution in [2.24, 2.45) is 0 Å². The van der Waals surface area contributed by atoms with Gasteiger partial charge in [-0.3, -0.25) is 4.79 Å². The molecule has 0 spiro atoms. The maximum Gasteiger partial charge on any atom is 0.255 e. The van der Waals surface area contributed by atoms with Crippen LogP contribution in [0.5, 0.6) is 11.5 Å². The summed E-state index contributed by atoms with van der Waals surface area (Å²) in [6.45, 7) is 3.67. The number of carbonyl (C=O) groups excluding carboxylic acids is 1. The quantitative estimate of drug-likeness (QED) is 0.722. The Hall–Kier alpha value is -2.53. The number of amides is 1. The Morgan fingerprint density at radius 1 is 1.12 bits per heavy atom. The average molecular weight is 355 g/mol. The maximum absolute atomic E-state index is 12.9. The van der Waals surface area contributed by atoms with Crippen LogP contribution in [0.15, 0.2) is 42.5 Å². The lowest BCUT2D eigenvalue weighted by Crippen LogP contribution is -2.30. The summed E-state index contributed by atoms with van der Waals surface area (Å²) in [5.41, 5.74) is 2.87. The first-order valence-corrected chi connectivity index (χ1v) is 8.88. The summed E-state index contributed by atoms with van der Waals surface area (Å²) in [5, 5.41) is 0. The minimum absolute atomic E-state index is 0.0653. The third kappa shape index (κ3) is 3.53. The molecule has 0 radical (unpaired) electrons. The Balaban J connectivity index is 1.94. The second-order valence-corrected chi connectivity index (χ2v) is 6.23. The van der Waals surface area contributed by atoms with E-state index in [4.69, 9.17) is 14.2 Å². The molecular formula is C21H25NO4. The van der Waals surface area contributed by atoms with E-state index in [2.05, 4.69) is 0 Å². The van der Waals surface area contributed by atoms with Crippen LogP contribution in [-0.4, -0.2) is 38.2 Å². The van der Waals surface area contributed by atoms with Crippen molar-refractivity contribution in [3.8, 4) is 11.5 Å². The summed E-state index contributed by atoms with van der Waals surface area (Å²) in [7, 11) is 3.30. The molecule has 1 heterocycles. The van der Waals surface area contributed by atoms with Crippen molar-refractivity contribution in [2.45, 2.75) is 25.9 Å². The minimum atomic E-state index is -0.0834. The molecule has 2 aromatic rings. The maximum atomic E-state index is 12.9. The SMILES string of the molecule is CCOc1cc(C(CCOC)N2Cc3ccccc3C2=O)ccc1OC. The first-order valence-electron chi connectivity index (χ1n) is 8.88. The molecule has 138 valence electrons. The van der Waals surface area contributed by atoms with Gasteiger partial charge in [-0.05, 0) is 42.7 Å². The van der Waals surface area contributed by atoms with Gasteiger partial charge in [-0.1, -0.05) is 24.3 Å². The molecule has 1 unspecified atom stereocenters. The van der Waals surface area contributed by atoms with Gasteiger partial charge in [-0.2, -0.15) is 0 Å². The molecule has 3 rings (SSSR count). The van der Waals surface area contributed by atoms with E-state index in [0.717, 1.165) is 16.7 Å². The van der Waals surface area contributed by atoms with Crippen molar-refractivity contribution in [1.82, 2.24) is 4.90 Å². The van der Waals surface area contributed by atoms with Gasteiger partial charge in [0.1, 0.15) is 0 Å². The number of rotatable bonds is 8. The molecule has 0 N–H and O–H groups in total. The Kier molecular flexibility index (Phi) is 5.78. The van der Waals surface area contributed by atoms with E-state index in [1.165, 1.54) is 0 Å². The van der Waals surface area contributed by atoms with Crippen LogP contribution in [0.1, 0.15) is 40.9 Å². The molecule has 2 aromatic carbocycles. The van der Waals surface area contributed by atoms with Crippen LogP contribution in [0.2, 0.25) is 0 Å². The summed E-state index contributed by atoms with van der Waals surface area (Å²) < 4.78 is 16.4. The normalized spacial score (nSPS) is 14.3. The van der Waals surface area contributed by atoms with Gasteiger partial charge in [0.2, 0.25) is 0 Å². The predicted octanol–water partition coefficient (Wildman–Crippen LogP) is 3.83. The molecule has 1 aliphatic heterocycles. The number of ether oxygens (including phenoxy) is 3. The molecule has 1 aliphatic rings. The molecule has 5 nitrogen and oxygen atoms in total. The Morgan fingerprint density at radius 2 is 1.92 bits per heavy atom. The lowest BCUT2D eigenvalue weighted by atomic mass is 10.0. The van der Waals surface area contributed by atoms with Gasteiger partial charge in [0.05, 0.1) is 19.8 Å². The van der Waals surface area contributed by atoms with Crippen LogP contribution in [0.25, 0.3) is 0 Å². The first-order chi connectivity index (χ1) is 12.7. The van der Waals surface area contributed by atoms with Gasteiger partial charge in [-0.15, -0.1) is 0 Å². The van der Waals surface area contributed by atoms with E-state index < -0.39 is 0 Å². The molecule has 26 heavy (non-hydrogen) atoms. The summed E-state index contributed by atoms with van der Waals surface area (Å²) in [5.74, 6) is 1.45. The Bertz CT molecular complexity index is 774. The second kappa shape index (κ2) is 8.23. The monoisotopic (exact) mass is 355 g/mol. The number of hydrogen-bond acceptors (Lipinski definition) is 4. The summed E-state index contributed by atoms with van der Waals surface area (Å²) in [4.78, 5) is 14.9. The van der Waals surface area contributed by atoms with Crippen molar-refractivity contribution in [3.05, 3.63) is 59.2 Å². The summed E-state index contributed by atoms with van der Waals surface area (Å²) in [6.07, 6.45) is 0.716. The number of nitrogens with zero attached hydrogens (tertiary/aromatic N) is 1. The standard InChI is InChI=1S/C21H25NO4/c1-4-26-20-13-15(9-10-19(20)25-3)18(11-12-24-2)22-14-16-7-5-6-8-17(16)21(22)23/h5-10,13,18H,4,11-12,14H2,1-3H3. The van der Waals surface area contributed by atoms with E-state index >= 15 is 0 Å². The summed E-state index contributed by atoms with van der Waals surface area (Å²) in [6, 6.07) is 13.6. The fourth-order valence-electron chi connectivity index (χ4n) is 3.43. The Morgan fingerprint density at radius 3 is 2.62 bits per heavy atom. The topological polar surface area (TPSA) is 48.0 Å². The molecule has 1 amide bonds. The van der Waals surface area contributed by atoms with E-state index in [-0.39, 0.29) is 11.9 Å². The van der Waals surface area contributed by atoms with Crippen molar-refractivity contribution in [2.75, 3.05) is 27.4 Å². The van der Waals surface area contributed by atoms with Crippen molar-refractivity contribution >= 4 is 5.91 Å². The van der Waals surface area contributed by atoms with Crippen LogP contribution in [0.3, 0.4) is 0 Å². The highest BCUT2D eigenvalue weighted by atomic mass is 16.5. The van der Waals surface area contributed by atoms with E-state index in [0.29, 0.717) is 37.7 Å². The molecule has 5 heteroatoms. The van der Waals surface area contributed by atoms with Gasteiger partial charge in [-0.25, -0.2) is 0 Å². The smallest absolute Gasteiger partial charge is 0.255 e. The minimum Gasteiger partial charge on any atom is -0.493 e. The Labute approximate surface area is 154 Å². The molecule has 0 fully saturated rings. The third-order valence-corrected chi connectivity index (χ3v) is 4.69. The fraction of sp³-hybridized carbons (Fsp3) is 0.381. The van der Waals surface area contributed by atoms with Gasteiger partial charge in [0.15, 0.2) is 11.5 Å². The molecule has 0 saturated carbocycles. The summed E-state index contributed by atoms with van der Waals surface area (Å²) >= 11 is 0. The molecular weight excluding hydrogens is 330 g/mol. The second-order valence-electron chi connectivity index (χ2n) is 6.23. The van der Waals surface area contributed by atoms with Crippen LogP contribution in [-0.2, 0) is 11.3 Å².